The highest BCUT2D eigenvalue weighted by molar-refractivity contribution is 5.62. The number of nitro benzene ring substituents is 1. The lowest BCUT2D eigenvalue weighted by atomic mass is 9.96. The Bertz CT molecular complexity index is 1050. The predicted molar refractivity (Wildman–Crippen MR) is 124 cm³/mol. The Morgan fingerprint density at radius 2 is 1.62 bits per heavy atom. The van der Waals surface area contributed by atoms with Crippen molar-refractivity contribution in [2.45, 2.75) is 12.6 Å². The minimum Gasteiger partial charge on any atom is -0.383 e. The van der Waals surface area contributed by atoms with Crippen molar-refractivity contribution in [3.63, 3.8) is 0 Å². The number of hydrogen-bond donors (Lipinski definition) is 1. The summed E-state index contributed by atoms with van der Waals surface area (Å²) in [5.74, 6) is -0.233. The molecule has 1 atom stereocenters. The molecule has 3 aromatic carbocycles. The number of halogens is 1. The molecular formula is C25H27FN4O2. The smallest absolute Gasteiger partial charge is 0.292 e. The molecule has 1 fully saturated rings. The zero-order valence-corrected chi connectivity index (χ0v) is 18.1. The van der Waals surface area contributed by atoms with Gasteiger partial charge in [-0.05, 0) is 34.9 Å². The maximum absolute atomic E-state index is 13.5. The second-order valence-corrected chi connectivity index (χ2v) is 8.04. The van der Waals surface area contributed by atoms with Crippen molar-refractivity contribution in [2.24, 2.45) is 0 Å². The van der Waals surface area contributed by atoms with Crippen molar-refractivity contribution >= 4 is 11.4 Å². The second-order valence-electron chi connectivity index (χ2n) is 8.04. The number of rotatable bonds is 7. The molecule has 4 rings (SSSR count). The summed E-state index contributed by atoms with van der Waals surface area (Å²) >= 11 is 0. The first-order valence-corrected chi connectivity index (χ1v) is 10.8. The van der Waals surface area contributed by atoms with E-state index in [1.165, 1.54) is 17.7 Å². The van der Waals surface area contributed by atoms with Crippen LogP contribution in [0.15, 0.2) is 72.8 Å². The monoisotopic (exact) mass is 434 g/mol. The van der Waals surface area contributed by atoms with Gasteiger partial charge in [0, 0.05) is 45.8 Å². The molecule has 32 heavy (non-hydrogen) atoms. The van der Waals surface area contributed by atoms with Gasteiger partial charge >= 0.3 is 0 Å². The molecule has 0 aliphatic carbocycles. The van der Waals surface area contributed by atoms with Gasteiger partial charge in [-0.15, -0.1) is 0 Å². The molecule has 7 heteroatoms. The molecule has 166 valence electrons. The molecule has 0 aromatic heterocycles. The van der Waals surface area contributed by atoms with E-state index in [1.807, 2.05) is 36.4 Å². The van der Waals surface area contributed by atoms with Crippen molar-refractivity contribution < 1.29 is 9.31 Å². The summed E-state index contributed by atoms with van der Waals surface area (Å²) in [5, 5.41) is 14.2. The maximum atomic E-state index is 13.5. The number of nitrogens with one attached hydrogen (secondary N) is 1. The number of piperazine rings is 1. The zero-order chi connectivity index (χ0) is 22.5. The van der Waals surface area contributed by atoms with Crippen LogP contribution in [-0.2, 0) is 6.54 Å². The molecule has 6 nitrogen and oxygen atoms in total. The molecule has 0 spiro atoms. The van der Waals surface area contributed by atoms with Crippen LogP contribution in [0, 0.1) is 15.9 Å². The van der Waals surface area contributed by atoms with Crippen LogP contribution in [0.4, 0.5) is 15.8 Å². The summed E-state index contributed by atoms with van der Waals surface area (Å²) in [6.45, 7) is 4.09. The largest absolute Gasteiger partial charge is 0.383 e. The Balaban J connectivity index is 1.47. The van der Waals surface area contributed by atoms with E-state index in [-0.39, 0.29) is 22.5 Å². The van der Waals surface area contributed by atoms with Gasteiger partial charge in [-0.2, -0.15) is 0 Å². The molecular weight excluding hydrogens is 407 g/mol. The Hall–Kier alpha value is -3.29. The third kappa shape index (κ3) is 4.95. The fourth-order valence-corrected chi connectivity index (χ4v) is 4.37. The van der Waals surface area contributed by atoms with E-state index in [0.29, 0.717) is 12.2 Å². The van der Waals surface area contributed by atoms with Crippen LogP contribution in [-0.4, -0.2) is 47.9 Å². The first-order valence-electron chi connectivity index (χ1n) is 10.8. The average Bonchev–Trinajstić information content (AvgIpc) is 2.82. The van der Waals surface area contributed by atoms with Crippen molar-refractivity contribution in [3.05, 3.63) is 105 Å². The summed E-state index contributed by atoms with van der Waals surface area (Å²) in [6.07, 6.45) is 0. The number of nitrogens with zero attached hydrogens (tertiary/aromatic N) is 3. The van der Waals surface area contributed by atoms with Crippen molar-refractivity contribution in [2.75, 3.05) is 38.5 Å². The Morgan fingerprint density at radius 1 is 0.969 bits per heavy atom. The highest BCUT2D eigenvalue weighted by Gasteiger charge is 2.26. The van der Waals surface area contributed by atoms with Gasteiger partial charge in [0.1, 0.15) is 11.5 Å². The number of benzene rings is 3. The first-order chi connectivity index (χ1) is 15.5. The molecule has 3 aromatic rings. The van der Waals surface area contributed by atoms with Crippen LogP contribution in [0.5, 0.6) is 0 Å². The van der Waals surface area contributed by atoms with Crippen LogP contribution in [0.25, 0.3) is 0 Å². The topological polar surface area (TPSA) is 61.6 Å². The normalized spacial score (nSPS) is 15.9. The van der Waals surface area contributed by atoms with Gasteiger partial charge in [0.2, 0.25) is 0 Å². The molecule has 0 bridgehead atoms. The highest BCUT2D eigenvalue weighted by atomic mass is 19.1. The van der Waals surface area contributed by atoms with Gasteiger partial charge in [0.25, 0.3) is 5.69 Å². The fourth-order valence-electron chi connectivity index (χ4n) is 4.37. The third-order valence-electron chi connectivity index (χ3n) is 6.01. The minimum absolute atomic E-state index is 0.0648. The van der Waals surface area contributed by atoms with Gasteiger partial charge in [-0.3, -0.25) is 19.9 Å². The van der Waals surface area contributed by atoms with Crippen molar-refractivity contribution in [1.82, 2.24) is 9.80 Å². The van der Waals surface area contributed by atoms with Gasteiger partial charge in [0.05, 0.1) is 11.0 Å². The lowest BCUT2D eigenvalue weighted by Gasteiger charge is -2.39. The molecule has 1 unspecified atom stereocenters. The lowest BCUT2D eigenvalue weighted by molar-refractivity contribution is -0.384. The second kappa shape index (κ2) is 9.89. The van der Waals surface area contributed by atoms with E-state index in [2.05, 4.69) is 27.2 Å². The van der Waals surface area contributed by atoms with E-state index >= 15 is 0 Å². The van der Waals surface area contributed by atoms with Crippen LogP contribution >= 0.6 is 0 Å². The fraction of sp³-hybridized carbons (Fsp3) is 0.280. The number of hydrogen-bond acceptors (Lipinski definition) is 5. The van der Waals surface area contributed by atoms with E-state index in [0.717, 1.165) is 37.3 Å². The number of anilines is 1. The molecule has 1 aliphatic rings. The standard InChI is InChI=1S/C25H27FN4O2/c1-27-23-12-7-19(17-24(23)30(31)32)18-28-13-15-29(16-14-28)25(20-5-3-2-4-6-20)21-8-10-22(26)11-9-21/h2-12,17,25,27H,13-16,18H2,1H3. The summed E-state index contributed by atoms with van der Waals surface area (Å²) in [4.78, 5) is 15.8. The summed E-state index contributed by atoms with van der Waals surface area (Å²) in [7, 11) is 1.69. The van der Waals surface area contributed by atoms with Crippen molar-refractivity contribution in [1.29, 1.82) is 0 Å². The van der Waals surface area contributed by atoms with Gasteiger partial charge in [0.15, 0.2) is 0 Å². The predicted octanol–water partition coefficient (Wildman–Crippen LogP) is 4.68. The van der Waals surface area contributed by atoms with Crippen LogP contribution in [0.2, 0.25) is 0 Å². The Morgan fingerprint density at radius 3 is 2.25 bits per heavy atom. The SMILES string of the molecule is CNc1ccc(CN2CCN(C(c3ccccc3)c3ccc(F)cc3)CC2)cc1[N+](=O)[O-]. The third-order valence-corrected chi connectivity index (χ3v) is 6.01. The average molecular weight is 435 g/mol. The van der Waals surface area contributed by atoms with Gasteiger partial charge in [-0.1, -0.05) is 48.5 Å². The Labute approximate surface area is 187 Å². The molecule has 1 heterocycles. The quantitative estimate of drug-likeness (QED) is 0.432. The number of nitro groups is 1. The molecule has 1 N–H and O–H groups in total. The summed E-state index contributed by atoms with van der Waals surface area (Å²) < 4.78 is 13.5. The first kappa shape index (κ1) is 21.9. The van der Waals surface area contributed by atoms with Crippen LogP contribution in [0.3, 0.4) is 0 Å². The zero-order valence-electron chi connectivity index (χ0n) is 18.1. The molecule has 0 radical (unpaired) electrons. The minimum atomic E-state index is -0.347. The molecule has 0 amide bonds. The van der Waals surface area contributed by atoms with Crippen molar-refractivity contribution in [3.8, 4) is 0 Å². The van der Waals surface area contributed by atoms with E-state index in [4.69, 9.17) is 0 Å². The van der Waals surface area contributed by atoms with E-state index in [1.54, 1.807) is 19.2 Å². The van der Waals surface area contributed by atoms with Gasteiger partial charge < -0.3 is 5.32 Å². The maximum Gasteiger partial charge on any atom is 0.292 e. The van der Waals surface area contributed by atoms with E-state index in [9.17, 15) is 14.5 Å². The Kier molecular flexibility index (Phi) is 6.78. The van der Waals surface area contributed by atoms with Gasteiger partial charge in [-0.25, -0.2) is 4.39 Å². The summed E-state index contributed by atoms with van der Waals surface area (Å²) in [5.41, 5.74) is 3.81. The molecule has 0 saturated carbocycles. The molecule has 1 saturated heterocycles. The van der Waals surface area contributed by atoms with E-state index < -0.39 is 0 Å². The van der Waals surface area contributed by atoms with Crippen LogP contribution < -0.4 is 5.32 Å². The molecule has 1 aliphatic heterocycles. The van der Waals surface area contributed by atoms with Crippen LogP contribution in [0.1, 0.15) is 22.7 Å². The lowest BCUT2D eigenvalue weighted by Crippen LogP contribution is -2.47. The highest BCUT2D eigenvalue weighted by Crippen LogP contribution is 2.30. The summed E-state index contributed by atoms with van der Waals surface area (Å²) in [6, 6.07) is 22.5.